The molecule has 0 saturated carbocycles. The molecule has 3 heterocycles. The van der Waals surface area contributed by atoms with Gasteiger partial charge in [-0.2, -0.15) is 0 Å². The molecule has 2 aromatic heterocycles. The summed E-state index contributed by atoms with van der Waals surface area (Å²) in [4.78, 5) is 101. The van der Waals surface area contributed by atoms with E-state index >= 15 is 4.39 Å². The standard InChI is InChI=1S/C37H43FN8O10/c1-4-19(2)22-7-28-36-23(13-46(28)37(54)24(22)14-56-18-48)35-26(6-5-21-20(3)25(38)8-27(45-36)34(21)35)44-33(53)15-55-17-43-32(52)12-42-31(51)11-41-30(50)10-40-29(49)9-39-16-47/h7-8,16,18-19,26H,4-6,9-15,17H2,1-3H3,(H,39,47)(H,40,49)(H,41,50)(H,42,51)(H,43,52)(H,44,53). The molecule has 19 heteroatoms. The molecule has 0 bridgehead atoms. The van der Waals surface area contributed by atoms with Crippen molar-refractivity contribution in [3.63, 3.8) is 0 Å². The molecule has 18 nitrogen and oxygen atoms in total. The number of amides is 6. The number of hydrogen-bond donors (Lipinski definition) is 6. The predicted molar refractivity (Wildman–Crippen MR) is 196 cm³/mol. The highest BCUT2D eigenvalue weighted by Gasteiger charge is 2.35. The Morgan fingerprint density at radius 2 is 1.62 bits per heavy atom. The molecular formula is C37H43FN8O10. The van der Waals surface area contributed by atoms with Gasteiger partial charge in [-0.05, 0) is 60.4 Å². The Morgan fingerprint density at radius 1 is 0.964 bits per heavy atom. The van der Waals surface area contributed by atoms with Crippen molar-refractivity contribution in [3.05, 3.63) is 61.7 Å². The Labute approximate surface area is 319 Å². The van der Waals surface area contributed by atoms with E-state index < -0.39 is 67.6 Å². The van der Waals surface area contributed by atoms with Crippen molar-refractivity contribution in [2.45, 2.75) is 65.1 Å². The Balaban J connectivity index is 1.21. The van der Waals surface area contributed by atoms with Gasteiger partial charge in [-0.1, -0.05) is 13.8 Å². The number of pyridine rings is 2. The summed E-state index contributed by atoms with van der Waals surface area (Å²) in [5.41, 5.74) is 4.96. The summed E-state index contributed by atoms with van der Waals surface area (Å²) in [7, 11) is 0. The van der Waals surface area contributed by atoms with Crippen LogP contribution in [0.2, 0.25) is 0 Å². The van der Waals surface area contributed by atoms with Crippen LogP contribution in [-0.4, -0.2) is 91.5 Å². The predicted octanol–water partition coefficient (Wildman–Crippen LogP) is -0.652. The van der Waals surface area contributed by atoms with E-state index in [1.54, 1.807) is 11.5 Å². The van der Waals surface area contributed by atoms with Crippen LogP contribution < -0.4 is 37.5 Å². The minimum atomic E-state index is -0.678. The number of carbonyl (C=O) groups excluding carboxylic acids is 7. The number of benzene rings is 1. The molecule has 2 atom stereocenters. The van der Waals surface area contributed by atoms with Crippen molar-refractivity contribution in [3.8, 4) is 11.4 Å². The maximum atomic E-state index is 15.2. The third kappa shape index (κ3) is 9.16. The molecule has 56 heavy (non-hydrogen) atoms. The molecule has 6 amide bonds. The number of hydrogen-bond acceptors (Lipinski definition) is 11. The molecule has 1 aliphatic heterocycles. The van der Waals surface area contributed by atoms with Gasteiger partial charge in [-0.15, -0.1) is 0 Å². The fourth-order valence-corrected chi connectivity index (χ4v) is 6.86. The van der Waals surface area contributed by atoms with Crippen LogP contribution in [0.4, 0.5) is 4.39 Å². The lowest BCUT2D eigenvalue weighted by Crippen LogP contribution is -2.45. The summed E-state index contributed by atoms with van der Waals surface area (Å²) in [5, 5.41) is 15.1. The van der Waals surface area contributed by atoms with Gasteiger partial charge in [0.15, 0.2) is 0 Å². The Bertz CT molecular complexity index is 2140. The number of aromatic nitrogens is 2. The quantitative estimate of drug-likeness (QED) is 0.0397. The summed E-state index contributed by atoms with van der Waals surface area (Å²) in [6.07, 6.45) is 1.94. The summed E-state index contributed by atoms with van der Waals surface area (Å²) < 4.78 is 27.2. The van der Waals surface area contributed by atoms with E-state index in [1.165, 1.54) is 6.07 Å². The maximum Gasteiger partial charge on any atom is 0.293 e. The minimum absolute atomic E-state index is 0.0311. The molecule has 6 N–H and O–H groups in total. The van der Waals surface area contributed by atoms with Crippen LogP contribution in [0.1, 0.15) is 72.0 Å². The van der Waals surface area contributed by atoms with E-state index in [2.05, 4.69) is 31.9 Å². The van der Waals surface area contributed by atoms with Crippen LogP contribution in [0.5, 0.6) is 0 Å². The number of nitrogens with zero attached hydrogens (tertiary/aromatic N) is 2. The average Bonchev–Trinajstić information content (AvgIpc) is 3.56. The van der Waals surface area contributed by atoms with Gasteiger partial charge in [0.2, 0.25) is 35.9 Å². The Morgan fingerprint density at radius 3 is 2.27 bits per heavy atom. The van der Waals surface area contributed by atoms with Gasteiger partial charge in [0.1, 0.15) is 25.8 Å². The molecule has 0 fully saturated rings. The molecule has 0 radical (unpaired) electrons. The fraction of sp³-hybridized carbons (Fsp3) is 0.432. The number of halogens is 1. The molecule has 0 saturated heterocycles. The second-order valence-corrected chi connectivity index (χ2v) is 13.4. The van der Waals surface area contributed by atoms with Crippen LogP contribution in [-0.2, 0) is 62.6 Å². The monoisotopic (exact) mass is 778 g/mol. The van der Waals surface area contributed by atoms with Gasteiger partial charge in [0.25, 0.3) is 12.0 Å². The van der Waals surface area contributed by atoms with E-state index in [-0.39, 0.29) is 37.9 Å². The molecule has 1 aliphatic carbocycles. The lowest BCUT2D eigenvalue weighted by atomic mass is 9.81. The number of carbonyl (C=O) groups is 7. The molecule has 1 aromatic carbocycles. The van der Waals surface area contributed by atoms with Crippen molar-refractivity contribution in [1.82, 2.24) is 41.5 Å². The van der Waals surface area contributed by atoms with E-state index in [4.69, 9.17) is 14.5 Å². The zero-order chi connectivity index (χ0) is 40.5. The topological polar surface area (TPSA) is 245 Å². The molecule has 3 aromatic rings. The van der Waals surface area contributed by atoms with Gasteiger partial charge in [-0.25, -0.2) is 9.37 Å². The summed E-state index contributed by atoms with van der Waals surface area (Å²) in [5.74, 6) is -3.50. The SMILES string of the molecule is CCC(C)c1cc2n(c(=O)c1COC=O)Cc1c-2nc2cc(F)c(C)c3c2c1C(NC(=O)COCNC(=O)CNC(=O)CNC(=O)CNC(=O)CNC=O)CC3. The van der Waals surface area contributed by atoms with Gasteiger partial charge in [0, 0.05) is 17.0 Å². The van der Waals surface area contributed by atoms with Crippen molar-refractivity contribution in [2.75, 3.05) is 39.5 Å². The van der Waals surface area contributed by atoms with Gasteiger partial charge >= 0.3 is 0 Å². The van der Waals surface area contributed by atoms with Gasteiger partial charge in [0.05, 0.1) is 61.2 Å². The highest BCUT2D eigenvalue weighted by atomic mass is 19.1. The highest BCUT2D eigenvalue weighted by molar-refractivity contribution is 5.94. The summed E-state index contributed by atoms with van der Waals surface area (Å²) in [6, 6.07) is 2.71. The number of fused-ring (bicyclic) bond motifs is 4. The van der Waals surface area contributed by atoms with Gasteiger partial charge < -0.3 is 45.9 Å². The van der Waals surface area contributed by atoms with Crippen LogP contribution in [0.3, 0.4) is 0 Å². The van der Waals surface area contributed by atoms with Crippen molar-refractivity contribution in [2.24, 2.45) is 0 Å². The smallest absolute Gasteiger partial charge is 0.293 e. The van der Waals surface area contributed by atoms with Crippen molar-refractivity contribution in [1.29, 1.82) is 0 Å². The van der Waals surface area contributed by atoms with Crippen LogP contribution in [0, 0.1) is 12.7 Å². The summed E-state index contributed by atoms with van der Waals surface area (Å²) >= 11 is 0. The second kappa shape index (κ2) is 18.4. The largest absolute Gasteiger partial charge is 0.463 e. The molecule has 2 unspecified atom stereocenters. The number of rotatable bonds is 19. The fourth-order valence-electron chi connectivity index (χ4n) is 6.86. The highest BCUT2D eigenvalue weighted by Crippen LogP contribution is 2.45. The average molecular weight is 779 g/mol. The molecule has 0 spiro atoms. The number of aryl methyl sites for hydroxylation is 1. The molecule has 298 valence electrons. The van der Waals surface area contributed by atoms with E-state index in [9.17, 15) is 38.4 Å². The molecule has 2 aliphatic rings. The third-order valence-corrected chi connectivity index (χ3v) is 9.83. The van der Waals surface area contributed by atoms with Crippen LogP contribution in [0.25, 0.3) is 22.3 Å². The first-order valence-electron chi connectivity index (χ1n) is 18.0. The van der Waals surface area contributed by atoms with Crippen LogP contribution in [0.15, 0.2) is 16.9 Å². The molecular weight excluding hydrogens is 735 g/mol. The van der Waals surface area contributed by atoms with E-state index in [0.717, 1.165) is 34.1 Å². The minimum Gasteiger partial charge on any atom is -0.463 e. The molecule has 5 rings (SSSR count). The van der Waals surface area contributed by atoms with E-state index in [1.807, 2.05) is 19.9 Å². The number of nitrogens with one attached hydrogen (secondary N) is 6. The first-order chi connectivity index (χ1) is 26.9. The lowest BCUT2D eigenvalue weighted by molar-refractivity contribution is -0.130. The second-order valence-electron chi connectivity index (χ2n) is 13.4. The zero-order valence-corrected chi connectivity index (χ0v) is 31.1. The maximum absolute atomic E-state index is 15.2. The van der Waals surface area contributed by atoms with Crippen molar-refractivity contribution < 1.29 is 47.4 Å². The Hall–Kier alpha value is -6.24. The zero-order valence-electron chi connectivity index (χ0n) is 31.1. The van der Waals surface area contributed by atoms with Crippen molar-refractivity contribution >= 4 is 53.3 Å². The lowest BCUT2D eigenvalue weighted by Gasteiger charge is -2.29. The first kappa shape index (κ1) is 40.9. The third-order valence-electron chi connectivity index (χ3n) is 9.83. The number of ether oxygens (including phenoxy) is 2. The van der Waals surface area contributed by atoms with Crippen LogP contribution >= 0.6 is 0 Å². The van der Waals surface area contributed by atoms with Gasteiger partial charge in [-0.3, -0.25) is 38.4 Å². The normalized spacial score (nSPS) is 14.1. The summed E-state index contributed by atoms with van der Waals surface area (Å²) in [6.45, 7) is 3.50. The Kier molecular flexibility index (Phi) is 13.4. The first-order valence-corrected chi connectivity index (χ1v) is 18.0. The van der Waals surface area contributed by atoms with E-state index in [0.29, 0.717) is 53.8 Å².